The third-order valence-corrected chi connectivity index (χ3v) is 9.89. The maximum atomic E-state index is 14.2. The summed E-state index contributed by atoms with van der Waals surface area (Å²) in [5.41, 5.74) is 3.38. The Balaban J connectivity index is 1.52. The van der Waals surface area contributed by atoms with Crippen LogP contribution in [0.5, 0.6) is 0 Å². The normalized spacial score (nSPS) is 18.1. The van der Waals surface area contributed by atoms with Gasteiger partial charge in [-0.05, 0) is 55.9 Å². The molecule has 2 aromatic heterocycles. The van der Waals surface area contributed by atoms with Gasteiger partial charge in [-0.3, -0.25) is 0 Å². The number of rotatable bonds is 7. The van der Waals surface area contributed by atoms with Crippen molar-refractivity contribution in [3.05, 3.63) is 59.6 Å². The molecule has 13 heteroatoms. The first kappa shape index (κ1) is 27.7. The smallest absolute Gasteiger partial charge is 0.407 e. The molecule has 1 fully saturated rings. The van der Waals surface area contributed by atoms with Crippen molar-refractivity contribution in [3.63, 3.8) is 0 Å². The first-order chi connectivity index (χ1) is 19.1. The second-order valence-corrected chi connectivity index (χ2v) is 12.6. The molecule has 1 amide bonds. The van der Waals surface area contributed by atoms with E-state index in [9.17, 15) is 23.6 Å². The summed E-state index contributed by atoms with van der Waals surface area (Å²) in [6.45, 7) is 3.76. The van der Waals surface area contributed by atoms with Gasteiger partial charge in [0.2, 0.25) is 0 Å². The number of aromatic nitrogens is 4. The lowest BCUT2D eigenvalue weighted by Crippen LogP contribution is -2.53. The maximum absolute atomic E-state index is 14.2. The molecule has 4 heterocycles. The molecule has 1 aromatic carbocycles. The van der Waals surface area contributed by atoms with Gasteiger partial charge in [-0.1, -0.05) is 0 Å². The molecule has 2 aliphatic rings. The molecular weight excluding hydrogens is 532 g/mol. The lowest BCUT2D eigenvalue weighted by molar-refractivity contribution is 0.118. The number of piperidine rings is 1. The third kappa shape index (κ3) is 5.41. The molecule has 0 radical (unpaired) electrons. The van der Waals surface area contributed by atoms with Crippen molar-refractivity contribution in [1.82, 2.24) is 28.3 Å². The first-order valence-electron chi connectivity index (χ1n) is 13.3. The van der Waals surface area contributed by atoms with Gasteiger partial charge in [0.1, 0.15) is 5.82 Å². The lowest BCUT2D eigenvalue weighted by Gasteiger charge is -2.42. The number of imidazole rings is 2. The van der Waals surface area contributed by atoms with Gasteiger partial charge in [0.15, 0.2) is 5.03 Å². The number of hydrogen-bond donors (Lipinski definition) is 1. The Morgan fingerprint density at radius 3 is 2.58 bits per heavy atom. The largest absolute Gasteiger partial charge is 0.465 e. The molecule has 0 bridgehead atoms. The monoisotopic (exact) mass is 566 g/mol. The van der Waals surface area contributed by atoms with Gasteiger partial charge < -0.3 is 24.0 Å². The van der Waals surface area contributed by atoms with Crippen LogP contribution in [-0.4, -0.2) is 80.1 Å². The van der Waals surface area contributed by atoms with Crippen LogP contribution >= 0.6 is 0 Å². The Morgan fingerprint density at radius 2 is 1.98 bits per heavy atom. The van der Waals surface area contributed by atoms with Crippen LogP contribution < -0.4 is 4.90 Å². The van der Waals surface area contributed by atoms with E-state index in [1.54, 1.807) is 47.6 Å². The SMILES string of the molecule is Cc1nc(S(=O)(=O)N(CC2CCN(C(=O)O)CC2)C2Cc3cc(C#N)ccc3N(Cc3cncn3C)C2)cn1C. The number of fused-ring (bicyclic) bond motifs is 1. The number of aryl methyl sites for hydroxylation is 3. The number of carbonyl (C=O) groups is 1. The number of benzene rings is 1. The number of nitrogens with zero attached hydrogens (tertiary/aromatic N) is 8. The van der Waals surface area contributed by atoms with Crippen LogP contribution in [0.15, 0.2) is 41.9 Å². The zero-order chi connectivity index (χ0) is 28.6. The van der Waals surface area contributed by atoms with Crippen LogP contribution in [0.1, 0.15) is 35.5 Å². The molecule has 5 rings (SSSR count). The van der Waals surface area contributed by atoms with E-state index in [1.165, 1.54) is 4.90 Å². The Labute approximate surface area is 234 Å². The van der Waals surface area contributed by atoms with Crippen molar-refractivity contribution < 1.29 is 18.3 Å². The maximum Gasteiger partial charge on any atom is 0.407 e. The number of anilines is 1. The molecule has 212 valence electrons. The van der Waals surface area contributed by atoms with E-state index in [4.69, 9.17) is 0 Å². The highest BCUT2D eigenvalue weighted by molar-refractivity contribution is 7.89. The van der Waals surface area contributed by atoms with Gasteiger partial charge in [-0.25, -0.2) is 23.2 Å². The van der Waals surface area contributed by atoms with Crippen molar-refractivity contribution >= 4 is 21.8 Å². The summed E-state index contributed by atoms with van der Waals surface area (Å²) < 4.78 is 33.6. The lowest BCUT2D eigenvalue weighted by atomic mass is 9.93. The van der Waals surface area contributed by atoms with Gasteiger partial charge in [-0.15, -0.1) is 0 Å². The standard InChI is InChI=1S/C27H34N8O4S/c1-19-30-26(17-31(19)2)40(38,39)35(14-20-6-8-33(9-7-20)27(36)37)23-11-22-10-21(12-28)4-5-25(22)34(15-23)16-24-13-29-18-32(24)3/h4-5,10,13,17-18,20,23H,6-9,11,14-16H2,1-3H3,(H,36,37). The van der Waals surface area contributed by atoms with Crippen LogP contribution in [0.3, 0.4) is 0 Å². The molecular formula is C27H34N8O4S. The Bertz CT molecular complexity index is 1530. The minimum Gasteiger partial charge on any atom is -0.465 e. The van der Waals surface area contributed by atoms with E-state index in [2.05, 4.69) is 20.9 Å². The van der Waals surface area contributed by atoms with Gasteiger partial charge in [0.05, 0.1) is 30.2 Å². The van der Waals surface area contributed by atoms with Crippen molar-refractivity contribution in [3.8, 4) is 6.07 Å². The zero-order valence-corrected chi connectivity index (χ0v) is 23.8. The molecule has 0 spiro atoms. The van der Waals surface area contributed by atoms with Crippen LogP contribution in [0, 0.1) is 24.2 Å². The zero-order valence-electron chi connectivity index (χ0n) is 22.9. The summed E-state index contributed by atoms with van der Waals surface area (Å²) in [6, 6.07) is 7.36. The summed E-state index contributed by atoms with van der Waals surface area (Å²) in [6.07, 6.45) is 5.75. The minimum atomic E-state index is -3.98. The quantitative estimate of drug-likeness (QED) is 0.460. The Kier molecular flexibility index (Phi) is 7.57. The molecule has 1 N–H and O–H groups in total. The van der Waals surface area contributed by atoms with Crippen LogP contribution in [0.4, 0.5) is 10.5 Å². The van der Waals surface area contributed by atoms with E-state index in [0.717, 1.165) is 16.9 Å². The van der Waals surface area contributed by atoms with Crippen LogP contribution in [0.2, 0.25) is 0 Å². The summed E-state index contributed by atoms with van der Waals surface area (Å²) >= 11 is 0. The Hall–Kier alpha value is -3.89. The van der Waals surface area contributed by atoms with Crippen LogP contribution in [0.25, 0.3) is 0 Å². The number of hydrogen-bond acceptors (Lipinski definition) is 7. The number of carboxylic acid groups (broad SMARTS) is 1. The molecule has 3 aromatic rings. The average molecular weight is 567 g/mol. The van der Waals surface area contributed by atoms with Crippen molar-refractivity contribution in [2.45, 2.75) is 43.8 Å². The van der Waals surface area contributed by atoms with E-state index in [-0.39, 0.29) is 17.5 Å². The predicted molar refractivity (Wildman–Crippen MR) is 147 cm³/mol. The minimum absolute atomic E-state index is 0.00484. The summed E-state index contributed by atoms with van der Waals surface area (Å²) in [7, 11) is -0.290. The van der Waals surface area contributed by atoms with Crippen molar-refractivity contribution in [2.24, 2.45) is 20.0 Å². The fourth-order valence-electron chi connectivity index (χ4n) is 5.65. The Morgan fingerprint density at radius 1 is 1.23 bits per heavy atom. The van der Waals surface area contributed by atoms with Crippen molar-refractivity contribution in [2.75, 3.05) is 31.1 Å². The summed E-state index contributed by atoms with van der Waals surface area (Å²) in [5.74, 6) is 0.603. The van der Waals surface area contributed by atoms with E-state index in [0.29, 0.717) is 56.8 Å². The van der Waals surface area contributed by atoms with E-state index < -0.39 is 22.2 Å². The number of sulfonamides is 1. The molecule has 1 atom stereocenters. The molecule has 1 unspecified atom stereocenters. The van der Waals surface area contributed by atoms with Gasteiger partial charge in [0, 0.05) is 64.4 Å². The highest BCUT2D eigenvalue weighted by Crippen LogP contribution is 2.34. The van der Waals surface area contributed by atoms with Gasteiger partial charge in [-0.2, -0.15) is 9.57 Å². The molecule has 1 saturated heterocycles. The molecule has 0 saturated carbocycles. The first-order valence-corrected chi connectivity index (χ1v) is 14.7. The van der Waals surface area contributed by atoms with Crippen LogP contribution in [-0.2, 0) is 37.1 Å². The van der Waals surface area contributed by atoms with E-state index >= 15 is 0 Å². The fourth-order valence-corrected chi connectivity index (χ4v) is 7.37. The molecule has 0 aliphatic carbocycles. The number of likely N-dealkylation sites (tertiary alicyclic amines) is 1. The number of nitriles is 1. The fraction of sp³-hybridized carbons (Fsp3) is 0.481. The average Bonchev–Trinajstić information content (AvgIpc) is 3.50. The summed E-state index contributed by atoms with van der Waals surface area (Å²) in [4.78, 5) is 23.6. The number of amides is 1. The second-order valence-electron chi connectivity index (χ2n) is 10.7. The van der Waals surface area contributed by atoms with Gasteiger partial charge in [0.25, 0.3) is 10.0 Å². The summed E-state index contributed by atoms with van der Waals surface area (Å²) in [5, 5.41) is 19.0. The third-order valence-electron chi connectivity index (χ3n) is 8.10. The van der Waals surface area contributed by atoms with Crippen molar-refractivity contribution in [1.29, 1.82) is 5.26 Å². The second kappa shape index (κ2) is 10.9. The molecule has 40 heavy (non-hydrogen) atoms. The molecule has 2 aliphatic heterocycles. The van der Waals surface area contributed by atoms with Gasteiger partial charge >= 0.3 is 6.09 Å². The topological polar surface area (TPSA) is 141 Å². The predicted octanol–water partition coefficient (Wildman–Crippen LogP) is 2.35. The highest BCUT2D eigenvalue weighted by Gasteiger charge is 2.39. The van der Waals surface area contributed by atoms with E-state index in [1.807, 2.05) is 23.7 Å². The molecule has 12 nitrogen and oxygen atoms in total. The highest BCUT2D eigenvalue weighted by atomic mass is 32.2.